The van der Waals surface area contributed by atoms with Crippen molar-refractivity contribution in [1.29, 1.82) is 0 Å². The molecule has 3 aromatic rings. The number of ether oxygens (including phenoxy) is 1. The Bertz CT molecular complexity index is 1130. The average Bonchev–Trinajstić information content (AvgIpc) is 3.07. The minimum Gasteiger partial charge on any atom is -0.497 e. The third-order valence-electron chi connectivity index (χ3n) is 5.91. The second-order valence-electron chi connectivity index (χ2n) is 8.04. The van der Waals surface area contributed by atoms with Crippen molar-refractivity contribution in [2.45, 2.75) is 31.8 Å². The highest BCUT2D eigenvalue weighted by molar-refractivity contribution is 5.95. The Morgan fingerprint density at radius 2 is 1.87 bits per heavy atom. The number of amides is 1. The zero-order chi connectivity index (χ0) is 21.5. The molecular weight excluding hydrogens is 382 g/mol. The van der Waals surface area contributed by atoms with Crippen molar-refractivity contribution in [3.8, 4) is 5.75 Å². The molecule has 1 aliphatic carbocycles. The zero-order valence-electron chi connectivity index (χ0n) is 17.2. The number of nitrogens with one attached hydrogen (secondary N) is 3. The van der Waals surface area contributed by atoms with Crippen molar-refractivity contribution >= 4 is 11.6 Å². The molecule has 2 aromatic carbocycles. The van der Waals surface area contributed by atoms with Gasteiger partial charge in [0.2, 0.25) is 5.91 Å². The Morgan fingerprint density at radius 3 is 2.53 bits per heavy atom. The lowest BCUT2D eigenvalue weighted by Crippen LogP contribution is -2.51. The van der Waals surface area contributed by atoms with Crippen molar-refractivity contribution in [2.24, 2.45) is 5.92 Å². The van der Waals surface area contributed by atoms with Crippen LogP contribution in [0.2, 0.25) is 0 Å². The molecule has 7 heteroatoms. The highest BCUT2D eigenvalue weighted by Gasteiger charge is 2.50. The van der Waals surface area contributed by atoms with E-state index >= 15 is 0 Å². The quantitative estimate of drug-likeness (QED) is 0.533. The van der Waals surface area contributed by atoms with Crippen molar-refractivity contribution in [1.82, 2.24) is 10.2 Å². The van der Waals surface area contributed by atoms with Gasteiger partial charge in [-0.05, 0) is 43.2 Å². The summed E-state index contributed by atoms with van der Waals surface area (Å²) in [6, 6.07) is 14.7. The summed E-state index contributed by atoms with van der Waals surface area (Å²) in [5.41, 5.74) is 1.81. The molecule has 1 heterocycles. The number of aromatic nitrogens is 2. The normalized spacial score (nSPS) is 22.9. The summed E-state index contributed by atoms with van der Waals surface area (Å²) in [5.74, 6) is -1.14. The molecule has 0 saturated carbocycles. The molecule has 1 aliphatic rings. The first-order chi connectivity index (χ1) is 14.3. The van der Waals surface area contributed by atoms with Crippen molar-refractivity contribution in [2.75, 3.05) is 12.4 Å². The molecule has 3 atom stereocenters. The zero-order valence-corrected chi connectivity index (χ0v) is 17.2. The van der Waals surface area contributed by atoms with Gasteiger partial charge in [0.05, 0.1) is 18.6 Å². The fourth-order valence-electron chi connectivity index (χ4n) is 4.39. The van der Waals surface area contributed by atoms with Gasteiger partial charge in [-0.25, -0.2) is 0 Å². The van der Waals surface area contributed by atoms with Crippen molar-refractivity contribution < 1.29 is 14.6 Å². The van der Waals surface area contributed by atoms with Crippen molar-refractivity contribution in [3.05, 3.63) is 81.3 Å². The Morgan fingerprint density at radius 1 is 1.17 bits per heavy atom. The minimum atomic E-state index is -1.37. The lowest BCUT2D eigenvalue weighted by atomic mass is 9.66. The van der Waals surface area contributed by atoms with E-state index < -0.39 is 17.4 Å². The summed E-state index contributed by atoms with van der Waals surface area (Å²) in [6.07, 6.45) is 0.166. The van der Waals surface area contributed by atoms with Crippen LogP contribution in [-0.4, -0.2) is 33.9 Å². The summed E-state index contributed by atoms with van der Waals surface area (Å²) in [4.78, 5) is 26.1. The highest BCUT2D eigenvalue weighted by Crippen LogP contribution is 2.44. The number of anilines is 1. The summed E-state index contributed by atoms with van der Waals surface area (Å²) in [5, 5.41) is 19.8. The van der Waals surface area contributed by atoms with Crippen LogP contribution < -0.4 is 15.6 Å². The van der Waals surface area contributed by atoms with Crippen molar-refractivity contribution in [3.63, 3.8) is 0 Å². The first kappa shape index (κ1) is 20.0. The van der Waals surface area contributed by atoms with E-state index in [1.165, 1.54) is 0 Å². The summed E-state index contributed by atoms with van der Waals surface area (Å²) in [7, 11) is 1.58. The summed E-state index contributed by atoms with van der Waals surface area (Å²) >= 11 is 0. The molecule has 0 fully saturated rings. The molecule has 30 heavy (non-hydrogen) atoms. The smallest absolute Gasteiger partial charge is 0.267 e. The number of aromatic amines is 2. The second kappa shape index (κ2) is 7.50. The van der Waals surface area contributed by atoms with E-state index in [9.17, 15) is 14.7 Å². The Balaban J connectivity index is 1.82. The number of aryl methyl sites for hydroxylation is 1. The first-order valence-corrected chi connectivity index (χ1v) is 9.84. The topological polar surface area (TPSA) is 107 Å². The maximum atomic E-state index is 13.5. The molecule has 156 valence electrons. The molecular formula is C23H25N3O4. The van der Waals surface area contributed by atoms with Gasteiger partial charge < -0.3 is 20.3 Å². The molecule has 0 radical (unpaired) electrons. The fourth-order valence-corrected chi connectivity index (χ4v) is 4.39. The van der Waals surface area contributed by atoms with Gasteiger partial charge in [0.25, 0.3) is 5.56 Å². The predicted octanol–water partition coefficient (Wildman–Crippen LogP) is 2.71. The van der Waals surface area contributed by atoms with Crippen LogP contribution in [0.4, 0.5) is 5.69 Å². The molecule has 1 aromatic heterocycles. The molecule has 0 bridgehead atoms. The van der Waals surface area contributed by atoms with Crippen LogP contribution in [0.15, 0.2) is 53.3 Å². The van der Waals surface area contributed by atoms with Crippen LogP contribution >= 0.6 is 0 Å². The number of rotatable bonds is 4. The molecule has 0 spiro atoms. The number of H-pyrrole nitrogens is 2. The third-order valence-corrected chi connectivity index (χ3v) is 5.91. The van der Waals surface area contributed by atoms with Crippen LogP contribution in [0.3, 0.4) is 0 Å². The Labute approximate surface area is 174 Å². The number of hydrogen-bond donors (Lipinski definition) is 4. The van der Waals surface area contributed by atoms with Crippen LogP contribution in [-0.2, 0) is 11.2 Å². The molecule has 0 saturated heterocycles. The second-order valence-corrected chi connectivity index (χ2v) is 8.04. The van der Waals surface area contributed by atoms with Gasteiger partial charge >= 0.3 is 0 Å². The van der Waals surface area contributed by atoms with E-state index in [-0.39, 0.29) is 17.9 Å². The van der Waals surface area contributed by atoms with Gasteiger partial charge in [0, 0.05) is 29.3 Å². The number of methoxy groups -OCH3 is 1. The largest absolute Gasteiger partial charge is 0.497 e. The van der Waals surface area contributed by atoms with E-state index in [4.69, 9.17) is 4.74 Å². The lowest BCUT2D eigenvalue weighted by Gasteiger charge is -2.41. The standard InChI is InChI=1S/C23H25N3O4/c1-13-6-4-5-7-16(13)24-22(28)20-18(14-8-10-15(30-3)11-9-14)19-17(12-23(20,2)29)25-26-21(19)27/h4-11,18,20,29H,12H2,1-3H3,(H,24,28)(H2,25,26,27)/t18-,20+,23+/m1/s1. The number of hydrogen-bond acceptors (Lipinski definition) is 4. The molecule has 7 nitrogen and oxygen atoms in total. The highest BCUT2D eigenvalue weighted by atomic mass is 16.5. The van der Waals surface area contributed by atoms with Crippen LogP contribution in [0.25, 0.3) is 0 Å². The lowest BCUT2D eigenvalue weighted by molar-refractivity contribution is -0.130. The van der Waals surface area contributed by atoms with Gasteiger partial charge in [-0.15, -0.1) is 0 Å². The molecule has 0 unspecified atom stereocenters. The monoisotopic (exact) mass is 407 g/mol. The number of fused-ring (bicyclic) bond motifs is 1. The molecule has 0 aliphatic heterocycles. The van der Waals surface area contributed by atoms with E-state index in [0.29, 0.717) is 22.7 Å². The summed E-state index contributed by atoms with van der Waals surface area (Å²) in [6.45, 7) is 3.55. The maximum absolute atomic E-state index is 13.5. The molecule has 4 N–H and O–H groups in total. The third kappa shape index (κ3) is 3.41. The number of carbonyl (C=O) groups is 1. The molecule has 4 rings (SSSR count). The van der Waals surface area contributed by atoms with Gasteiger partial charge in [0.1, 0.15) is 5.75 Å². The maximum Gasteiger partial charge on any atom is 0.267 e. The molecule has 1 amide bonds. The Hall–Kier alpha value is -3.32. The van der Waals surface area contributed by atoms with Gasteiger partial charge in [-0.2, -0.15) is 0 Å². The van der Waals surface area contributed by atoms with Gasteiger partial charge in [-0.3, -0.25) is 14.7 Å². The van der Waals surface area contributed by atoms with Gasteiger partial charge in [-0.1, -0.05) is 30.3 Å². The predicted molar refractivity (Wildman–Crippen MR) is 114 cm³/mol. The Kier molecular flexibility index (Phi) is 4.99. The average molecular weight is 407 g/mol. The number of aliphatic hydroxyl groups is 1. The fraction of sp³-hybridized carbons (Fsp3) is 0.304. The van der Waals surface area contributed by atoms with E-state index in [1.807, 2.05) is 43.3 Å². The first-order valence-electron chi connectivity index (χ1n) is 9.84. The number of carbonyl (C=O) groups excluding carboxylic acids is 1. The van der Waals surface area contributed by atoms with E-state index in [0.717, 1.165) is 11.1 Å². The number of benzene rings is 2. The number of para-hydroxylation sites is 1. The van der Waals surface area contributed by atoms with Crippen LogP contribution in [0.1, 0.15) is 35.2 Å². The van der Waals surface area contributed by atoms with Crippen LogP contribution in [0, 0.1) is 12.8 Å². The van der Waals surface area contributed by atoms with E-state index in [2.05, 4.69) is 15.5 Å². The minimum absolute atomic E-state index is 0.166. The SMILES string of the molecule is COc1ccc([C@@H]2c3c([nH][nH]c3=O)C[C@](C)(O)[C@@H]2C(=O)Nc2ccccc2C)cc1. The van der Waals surface area contributed by atoms with Crippen LogP contribution in [0.5, 0.6) is 5.75 Å². The van der Waals surface area contributed by atoms with Gasteiger partial charge in [0.15, 0.2) is 0 Å². The van der Waals surface area contributed by atoms with E-state index in [1.54, 1.807) is 26.2 Å². The summed E-state index contributed by atoms with van der Waals surface area (Å²) < 4.78 is 5.24.